The summed E-state index contributed by atoms with van der Waals surface area (Å²) in [4.78, 5) is 0. The first-order chi connectivity index (χ1) is 12.4. The van der Waals surface area contributed by atoms with Gasteiger partial charge in [-0.2, -0.15) is 0 Å². The van der Waals surface area contributed by atoms with Gasteiger partial charge in [-0.25, -0.2) is 0 Å². The second kappa shape index (κ2) is 7.61. The van der Waals surface area contributed by atoms with Crippen LogP contribution < -0.4 is 4.74 Å². The van der Waals surface area contributed by atoms with Crippen molar-refractivity contribution in [2.24, 2.45) is 0 Å². The van der Waals surface area contributed by atoms with E-state index in [-0.39, 0.29) is 5.60 Å². The third-order valence-corrected chi connectivity index (χ3v) is 4.84. The zero-order chi connectivity index (χ0) is 18.7. The molecule has 135 valence electrons. The number of nitrogens with zero attached hydrogens (tertiary/aromatic N) is 1. The number of aromatic nitrogens is 1. The molecule has 0 bridgehead atoms. The molecule has 0 saturated carbocycles. The second-order valence-electron chi connectivity index (χ2n) is 7.89. The minimum absolute atomic E-state index is 0.152. The third kappa shape index (κ3) is 3.98. The highest BCUT2D eigenvalue weighted by Crippen LogP contribution is 2.33. The average Bonchev–Trinajstić information content (AvgIpc) is 3.00. The van der Waals surface area contributed by atoms with Crippen LogP contribution in [0.1, 0.15) is 40.2 Å². The van der Waals surface area contributed by atoms with E-state index in [1.165, 1.54) is 22.2 Å². The maximum absolute atomic E-state index is 6.20. The van der Waals surface area contributed by atoms with Gasteiger partial charge in [0.05, 0.1) is 0 Å². The zero-order valence-electron chi connectivity index (χ0n) is 16.6. The van der Waals surface area contributed by atoms with Gasteiger partial charge in [-0.3, -0.25) is 0 Å². The molecule has 2 nitrogen and oxygen atoms in total. The lowest BCUT2D eigenvalue weighted by Crippen LogP contribution is -2.28. The van der Waals surface area contributed by atoms with Crippen molar-refractivity contribution in [2.75, 3.05) is 0 Å². The van der Waals surface area contributed by atoms with Crippen LogP contribution in [0.5, 0.6) is 5.75 Å². The van der Waals surface area contributed by atoms with E-state index >= 15 is 0 Å². The fourth-order valence-electron chi connectivity index (χ4n) is 3.51. The van der Waals surface area contributed by atoms with Crippen LogP contribution >= 0.6 is 0 Å². The number of hydrogen-bond donors (Lipinski definition) is 0. The first-order valence-electron chi connectivity index (χ1n) is 9.58. The molecule has 0 fully saturated rings. The van der Waals surface area contributed by atoms with E-state index in [4.69, 9.17) is 4.74 Å². The maximum atomic E-state index is 6.20. The van der Waals surface area contributed by atoms with Crippen LogP contribution in [-0.4, -0.2) is 17.4 Å². The molecular formula is C23H29BNO. The molecule has 1 aromatic heterocycles. The summed E-state index contributed by atoms with van der Waals surface area (Å²) < 4.78 is 8.61. The Labute approximate surface area is 158 Å². The Bertz CT molecular complexity index is 862. The van der Waals surface area contributed by atoms with Crippen LogP contribution in [0, 0.1) is 0 Å². The number of benzene rings is 2. The van der Waals surface area contributed by atoms with Crippen molar-refractivity contribution in [2.45, 2.75) is 58.9 Å². The van der Waals surface area contributed by atoms with Gasteiger partial charge in [0.15, 0.2) is 0 Å². The first kappa shape index (κ1) is 18.6. The molecule has 0 spiro atoms. The molecule has 0 amide bonds. The van der Waals surface area contributed by atoms with Crippen molar-refractivity contribution in [3.8, 4) is 17.0 Å². The summed E-state index contributed by atoms with van der Waals surface area (Å²) in [6, 6.07) is 19.8. The Morgan fingerprint density at radius 2 is 1.73 bits per heavy atom. The van der Waals surface area contributed by atoms with E-state index in [2.05, 4.69) is 101 Å². The zero-order valence-corrected chi connectivity index (χ0v) is 16.6. The molecule has 0 unspecified atom stereocenters. The van der Waals surface area contributed by atoms with Crippen molar-refractivity contribution in [1.82, 2.24) is 4.57 Å². The Morgan fingerprint density at radius 1 is 1.04 bits per heavy atom. The van der Waals surface area contributed by atoms with Crippen molar-refractivity contribution in [3.63, 3.8) is 0 Å². The number of fused-ring (bicyclic) bond motifs is 1. The lowest BCUT2D eigenvalue weighted by atomic mass is 9.74. The summed E-state index contributed by atoms with van der Waals surface area (Å²) >= 11 is 0. The van der Waals surface area contributed by atoms with Gasteiger partial charge in [-0.1, -0.05) is 31.3 Å². The molecule has 0 aliphatic carbocycles. The van der Waals surface area contributed by atoms with Crippen molar-refractivity contribution in [1.29, 1.82) is 0 Å². The fourth-order valence-corrected chi connectivity index (χ4v) is 3.51. The van der Waals surface area contributed by atoms with Crippen LogP contribution in [0.15, 0.2) is 54.6 Å². The highest BCUT2D eigenvalue weighted by Gasteiger charge is 2.19. The van der Waals surface area contributed by atoms with E-state index in [1.54, 1.807) is 0 Å². The summed E-state index contributed by atoms with van der Waals surface area (Å²) in [5, 5.41) is 1.29. The lowest BCUT2D eigenvalue weighted by Gasteiger charge is -2.26. The fraction of sp³-hybridized carbons (Fsp3) is 0.391. The molecule has 0 aliphatic heterocycles. The molecule has 1 heterocycles. The summed E-state index contributed by atoms with van der Waals surface area (Å²) in [7, 11) is 2.19. The monoisotopic (exact) mass is 346 g/mol. The minimum atomic E-state index is -0.152. The van der Waals surface area contributed by atoms with Crippen LogP contribution in [0.2, 0.25) is 13.1 Å². The normalized spacial score (nSPS) is 11.9. The number of rotatable bonds is 7. The Morgan fingerprint density at radius 3 is 2.38 bits per heavy atom. The van der Waals surface area contributed by atoms with Crippen LogP contribution in [0.4, 0.5) is 0 Å². The van der Waals surface area contributed by atoms with Crippen LogP contribution in [0.25, 0.3) is 22.2 Å². The van der Waals surface area contributed by atoms with Gasteiger partial charge in [0, 0.05) is 22.6 Å². The minimum Gasteiger partial charge on any atom is -0.488 e. The third-order valence-electron chi connectivity index (χ3n) is 4.84. The Balaban J connectivity index is 1.89. The maximum Gasteiger partial charge on any atom is 0.120 e. The summed E-state index contributed by atoms with van der Waals surface area (Å²) in [6.45, 7) is 10.9. The Kier molecular flexibility index (Phi) is 5.45. The molecule has 26 heavy (non-hydrogen) atoms. The van der Waals surface area contributed by atoms with Gasteiger partial charge in [0.1, 0.15) is 18.6 Å². The smallest absolute Gasteiger partial charge is 0.120 e. The van der Waals surface area contributed by atoms with E-state index < -0.39 is 0 Å². The quantitative estimate of drug-likeness (QED) is 0.439. The molecule has 1 radical (unpaired) electrons. The summed E-state index contributed by atoms with van der Waals surface area (Å²) in [5.74, 6) is 0.932. The molecule has 2 aromatic carbocycles. The van der Waals surface area contributed by atoms with Gasteiger partial charge < -0.3 is 9.30 Å². The predicted molar refractivity (Wildman–Crippen MR) is 114 cm³/mol. The van der Waals surface area contributed by atoms with Crippen molar-refractivity contribution >= 4 is 18.2 Å². The molecule has 3 heteroatoms. The average molecular weight is 346 g/mol. The molecule has 3 rings (SSSR count). The van der Waals surface area contributed by atoms with Gasteiger partial charge in [0.25, 0.3) is 0 Å². The number of ether oxygens (including phenoxy) is 1. The van der Waals surface area contributed by atoms with Gasteiger partial charge in [-0.05, 0) is 76.1 Å². The summed E-state index contributed by atoms with van der Waals surface area (Å²) in [5.41, 5.74) is 3.62. The molecular weight excluding hydrogens is 317 g/mol. The lowest BCUT2D eigenvalue weighted by molar-refractivity contribution is 0.105. The Hall–Kier alpha value is -2.16. The van der Waals surface area contributed by atoms with Gasteiger partial charge >= 0.3 is 0 Å². The highest BCUT2D eigenvalue weighted by atomic mass is 16.5. The highest BCUT2D eigenvalue weighted by molar-refractivity contribution is 6.33. The van der Waals surface area contributed by atoms with Crippen LogP contribution in [-0.2, 0) is 0 Å². The van der Waals surface area contributed by atoms with Gasteiger partial charge in [0.2, 0.25) is 0 Å². The van der Waals surface area contributed by atoms with Crippen molar-refractivity contribution in [3.05, 3.63) is 54.6 Å². The van der Waals surface area contributed by atoms with E-state index in [0.717, 1.165) is 18.5 Å². The van der Waals surface area contributed by atoms with E-state index in [9.17, 15) is 0 Å². The molecule has 3 aromatic rings. The molecule has 0 N–H and O–H groups in total. The number of para-hydroxylation sites is 1. The largest absolute Gasteiger partial charge is 0.488 e. The van der Waals surface area contributed by atoms with Gasteiger partial charge in [-0.15, -0.1) is 0 Å². The second-order valence-corrected chi connectivity index (χ2v) is 7.89. The number of hydrogen-bond acceptors (Lipinski definition) is 1. The van der Waals surface area contributed by atoms with E-state index in [0.29, 0.717) is 6.04 Å². The van der Waals surface area contributed by atoms with E-state index in [1.807, 2.05) is 0 Å². The topological polar surface area (TPSA) is 14.2 Å². The predicted octanol–water partition coefficient (Wildman–Crippen LogP) is 6.61. The molecule has 0 atom stereocenters. The SMILES string of the molecule is C[B]CCC(C)(C)Oc1ccc(-c2cc3ccccc3n2C(C)C)cc1. The summed E-state index contributed by atoms with van der Waals surface area (Å²) in [6.07, 6.45) is 2.09. The molecule has 0 saturated heterocycles. The van der Waals surface area contributed by atoms with Crippen molar-refractivity contribution < 1.29 is 4.74 Å². The standard InChI is InChI=1S/C23H29BNO/c1-17(2)25-21-9-7-6-8-19(21)16-22(25)18-10-12-20(13-11-18)26-23(3,4)14-15-24-5/h6-13,16-17H,14-15H2,1-5H3. The molecule has 0 aliphatic rings. The van der Waals surface area contributed by atoms with Crippen LogP contribution in [0.3, 0.4) is 0 Å². The first-order valence-corrected chi connectivity index (χ1v) is 9.58.